The summed E-state index contributed by atoms with van der Waals surface area (Å²) in [4.78, 5) is 26.3. The summed E-state index contributed by atoms with van der Waals surface area (Å²) in [5.74, 6) is -0.629. The molecule has 0 spiro atoms. The molecule has 0 bridgehead atoms. The number of hydrogen-bond acceptors (Lipinski definition) is 4. The molecular formula is C28H21BrN2O4S. The summed E-state index contributed by atoms with van der Waals surface area (Å²) in [5, 5.41) is 2.80. The Morgan fingerprint density at radius 2 is 1.42 bits per heavy atom. The lowest BCUT2D eigenvalue weighted by Gasteiger charge is -2.19. The zero-order valence-corrected chi connectivity index (χ0v) is 21.3. The van der Waals surface area contributed by atoms with E-state index < -0.39 is 22.0 Å². The van der Waals surface area contributed by atoms with Gasteiger partial charge in [0, 0.05) is 21.3 Å². The van der Waals surface area contributed by atoms with E-state index in [1.165, 1.54) is 12.1 Å². The van der Waals surface area contributed by atoms with Crippen LogP contribution in [0, 0.1) is 0 Å². The van der Waals surface area contributed by atoms with Crippen molar-refractivity contribution in [1.29, 1.82) is 0 Å². The first-order valence-electron chi connectivity index (χ1n) is 11.2. The van der Waals surface area contributed by atoms with E-state index in [2.05, 4.69) is 26.0 Å². The summed E-state index contributed by atoms with van der Waals surface area (Å²) >= 11 is 3.30. The Hall–Kier alpha value is -3.59. The standard InChI is InChI=1S/C28H21BrN2O4S/c29-19-10-13-21(14-11-19)36(34,35)31-26(16-18-6-2-1-3-7-18)28(33)30-20-12-15-23-22-8-4-5-9-24(22)27(32)25(23)17-20/h1-15,17,26,31H,16H2,(H,30,33). The molecule has 0 fully saturated rings. The van der Waals surface area contributed by atoms with Crippen LogP contribution in [0.15, 0.2) is 106 Å². The molecule has 1 aliphatic rings. The Morgan fingerprint density at radius 1 is 0.778 bits per heavy atom. The quantitative estimate of drug-likeness (QED) is 0.286. The molecule has 0 saturated carbocycles. The number of benzene rings is 4. The van der Waals surface area contributed by atoms with Crippen LogP contribution in [-0.4, -0.2) is 26.2 Å². The lowest BCUT2D eigenvalue weighted by Crippen LogP contribution is -2.45. The fourth-order valence-electron chi connectivity index (χ4n) is 4.24. The molecule has 0 aromatic heterocycles. The van der Waals surface area contributed by atoms with Crippen molar-refractivity contribution in [3.63, 3.8) is 0 Å². The van der Waals surface area contributed by atoms with E-state index in [0.717, 1.165) is 21.2 Å². The maximum Gasteiger partial charge on any atom is 0.242 e. The summed E-state index contributed by atoms with van der Waals surface area (Å²) in [6, 6.07) is 26.8. The van der Waals surface area contributed by atoms with Crippen LogP contribution in [0.1, 0.15) is 21.5 Å². The minimum Gasteiger partial charge on any atom is -0.325 e. The maximum absolute atomic E-state index is 13.3. The van der Waals surface area contributed by atoms with Crippen molar-refractivity contribution < 1.29 is 18.0 Å². The molecule has 0 aliphatic heterocycles. The molecule has 1 atom stereocenters. The van der Waals surface area contributed by atoms with Crippen LogP contribution in [0.5, 0.6) is 0 Å². The van der Waals surface area contributed by atoms with E-state index in [1.54, 1.807) is 36.4 Å². The van der Waals surface area contributed by atoms with Crippen LogP contribution in [0.4, 0.5) is 5.69 Å². The number of fused-ring (bicyclic) bond motifs is 3. The number of hydrogen-bond donors (Lipinski definition) is 2. The number of nitrogens with one attached hydrogen (secondary N) is 2. The minimum absolute atomic E-state index is 0.0532. The first kappa shape index (κ1) is 24.1. The molecule has 0 saturated heterocycles. The normalized spacial score (nSPS) is 13.1. The third kappa shape index (κ3) is 4.88. The molecule has 8 heteroatoms. The zero-order valence-electron chi connectivity index (χ0n) is 18.9. The molecular weight excluding hydrogens is 540 g/mol. The first-order chi connectivity index (χ1) is 17.3. The maximum atomic E-state index is 13.3. The third-order valence-electron chi connectivity index (χ3n) is 6.01. The van der Waals surface area contributed by atoms with E-state index >= 15 is 0 Å². The van der Waals surface area contributed by atoms with Crippen molar-refractivity contribution in [3.8, 4) is 11.1 Å². The van der Waals surface area contributed by atoms with Crippen LogP contribution in [0.25, 0.3) is 11.1 Å². The average Bonchev–Trinajstić information content (AvgIpc) is 3.16. The molecule has 1 aliphatic carbocycles. The smallest absolute Gasteiger partial charge is 0.242 e. The molecule has 0 radical (unpaired) electrons. The van der Waals surface area contributed by atoms with Gasteiger partial charge in [-0.25, -0.2) is 8.42 Å². The SMILES string of the molecule is O=C1c2ccccc2-c2ccc(NC(=O)C(Cc3ccccc3)NS(=O)(=O)c3ccc(Br)cc3)cc21. The number of rotatable bonds is 7. The topological polar surface area (TPSA) is 92.3 Å². The van der Waals surface area contributed by atoms with Gasteiger partial charge in [-0.15, -0.1) is 0 Å². The van der Waals surface area contributed by atoms with E-state index in [0.29, 0.717) is 16.8 Å². The van der Waals surface area contributed by atoms with Crippen molar-refractivity contribution in [3.05, 3.63) is 118 Å². The van der Waals surface area contributed by atoms with Gasteiger partial charge in [0.15, 0.2) is 5.78 Å². The predicted molar refractivity (Wildman–Crippen MR) is 142 cm³/mol. The first-order valence-corrected chi connectivity index (χ1v) is 13.5. The highest BCUT2D eigenvalue weighted by atomic mass is 79.9. The second-order valence-electron chi connectivity index (χ2n) is 8.44. The number of ketones is 1. The summed E-state index contributed by atoms with van der Waals surface area (Å²) < 4.78 is 29.4. The lowest BCUT2D eigenvalue weighted by atomic mass is 10.0. The van der Waals surface area contributed by atoms with Gasteiger partial charge in [0.2, 0.25) is 15.9 Å². The van der Waals surface area contributed by atoms with Crippen molar-refractivity contribution in [1.82, 2.24) is 4.72 Å². The number of sulfonamides is 1. The highest BCUT2D eigenvalue weighted by molar-refractivity contribution is 9.10. The molecule has 5 rings (SSSR count). The van der Waals surface area contributed by atoms with Crippen molar-refractivity contribution in [2.75, 3.05) is 5.32 Å². The molecule has 1 unspecified atom stereocenters. The average molecular weight is 561 g/mol. The highest BCUT2D eigenvalue weighted by Gasteiger charge is 2.29. The van der Waals surface area contributed by atoms with E-state index in [9.17, 15) is 18.0 Å². The van der Waals surface area contributed by atoms with E-state index in [4.69, 9.17) is 0 Å². The van der Waals surface area contributed by atoms with Crippen molar-refractivity contribution >= 4 is 43.3 Å². The fourth-order valence-corrected chi connectivity index (χ4v) is 5.70. The van der Waals surface area contributed by atoms with E-state index in [1.807, 2.05) is 48.5 Å². The Morgan fingerprint density at radius 3 is 2.14 bits per heavy atom. The Labute approximate surface area is 217 Å². The number of anilines is 1. The summed E-state index contributed by atoms with van der Waals surface area (Å²) in [5.41, 5.74) is 4.02. The second kappa shape index (κ2) is 9.81. The summed E-state index contributed by atoms with van der Waals surface area (Å²) in [6.07, 6.45) is 0.151. The highest BCUT2D eigenvalue weighted by Crippen LogP contribution is 2.37. The largest absolute Gasteiger partial charge is 0.325 e. The van der Waals surface area contributed by atoms with Crippen LogP contribution in [-0.2, 0) is 21.2 Å². The monoisotopic (exact) mass is 560 g/mol. The Kier molecular flexibility index (Phi) is 6.57. The van der Waals surface area contributed by atoms with E-state index in [-0.39, 0.29) is 17.1 Å². The predicted octanol–water partition coefficient (Wildman–Crippen LogP) is 5.19. The second-order valence-corrected chi connectivity index (χ2v) is 11.1. The van der Waals surface area contributed by atoms with Crippen molar-refractivity contribution in [2.45, 2.75) is 17.4 Å². The molecule has 36 heavy (non-hydrogen) atoms. The fraction of sp³-hybridized carbons (Fsp3) is 0.0714. The van der Waals surface area contributed by atoms with Gasteiger partial charge >= 0.3 is 0 Å². The molecule has 1 amide bonds. The molecule has 6 nitrogen and oxygen atoms in total. The van der Waals surface area contributed by atoms with Gasteiger partial charge in [-0.1, -0.05) is 76.6 Å². The molecule has 4 aromatic rings. The van der Waals surface area contributed by atoms with Gasteiger partial charge < -0.3 is 5.32 Å². The van der Waals surface area contributed by atoms with Gasteiger partial charge in [0.1, 0.15) is 6.04 Å². The minimum atomic E-state index is -3.97. The lowest BCUT2D eigenvalue weighted by molar-refractivity contribution is -0.117. The number of carbonyl (C=O) groups is 2. The van der Waals surface area contributed by atoms with Gasteiger partial charge in [0.25, 0.3) is 0 Å². The molecule has 0 heterocycles. The number of amides is 1. The van der Waals surface area contributed by atoms with Crippen LogP contribution < -0.4 is 10.0 Å². The van der Waals surface area contributed by atoms with Crippen LogP contribution >= 0.6 is 15.9 Å². The van der Waals surface area contributed by atoms with Gasteiger partial charge in [-0.3, -0.25) is 9.59 Å². The number of carbonyl (C=O) groups excluding carboxylic acids is 2. The summed E-state index contributed by atoms with van der Waals surface area (Å²) in [6.45, 7) is 0. The Balaban J connectivity index is 1.41. The Bertz CT molecular complexity index is 1570. The third-order valence-corrected chi connectivity index (χ3v) is 8.03. The van der Waals surface area contributed by atoms with Crippen LogP contribution in [0.2, 0.25) is 0 Å². The molecule has 2 N–H and O–H groups in total. The van der Waals surface area contributed by atoms with Gasteiger partial charge in [-0.05, 0) is 59.5 Å². The van der Waals surface area contributed by atoms with Crippen molar-refractivity contribution in [2.24, 2.45) is 0 Å². The summed E-state index contributed by atoms with van der Waals surface area (Å²) in [7, 11) is -3.97. The zero-order chi connectivity index (χ0) is 25.3. The van der Waals surface area contributed by atoms with Gasteiger partial charge in [-0.2, -0.15) is 4.72 Å². The molecule has 4 aromatic carbocycles. The van der Waals surface area contributed by atoms with Crippen LogP contribution in [0.3, 0.4) is 0 Å². The molecule has 180 valence electrons. The van der Waals surface area contributed by atoms with Gasteiger partial charge in [0.05, 0.1) is 4.90 Å². The number of halogens is 1.